The van der Waals surface area contributed by atoms with E-state index in [1.54, 1.807) is 19.2 Å². The molecule has 0 aliphatic carbocycles. The highest BCUT2D eigenvalue weighted by Gasteiger charge is 2.20. The first kappa shape index (κ1) is 22.7. The van der Waals surface area contributed by atoms with Crippen molar-refractivity contribution in [2.75, 3.05) is 37.7 Å². The van der Waals surface area contributed by atoms with Crippen LogP contribution in [0.2, 0.25) is 0 Å². The predicted molar refractivity (Wildman–Crippen MR) is 115 cm³/mol. The van der Waals surface area contributed by atoms with Crippen molar-refractivity contribution in [3.05, 3.63) is 35.6 Å². The van der Waals surface area contributed by atoms with Crippen molar-refractivity contribution in [1.29, 1.82) is 0 Å². The number of ether oxygens (including phenoxy) is 1. The molecule has 0 saturated carbocycles. The van der Waals surface area contributed by atoms with Crippen molar-refractivity contribution in [3.63, 3.8) is 0 Å². The number of amides is 1. The lowest BCUT2D eigenvalue weighted by Gasteiger charge is -2.23. The van der Waals surface area contributed by atoms with Gasteiger partial charge in [-0.3, -0.25) is 4.79 Å². The molecule has 0 bridgehead atoms. The normalized spacial score (nSPS) is 14.6. The third-order valence-corrected chi connectivity index (χ3v) is 5.21. The Morgan fingerprint density at radius 1 is 1.19 bits per heavy atom. The number of nitrogens with zero attached hydrogens (tertiary/aromatic N) is 5. The number of hydrogen-bond donors (Lipinski definition) is 0. The molecule has 2 aromatic heterocycles. The third kappa shape index (κ3) is 6.26. The molecule has 1 amide bonds. The third-order valence-electron chi connectivity index (χ3n) is 5.21. The quantitative estimate of drug-likeness (QED) is 0.591. The lowest BCUT2D eigenvalue weighted by molar-refractivity contribution is -0.131. The number of anilines is 1. The second-order valence-electron chi connectivity index (χ2n) is 7.90. The molecule has 1 aliphatic heterocycles. The summed E-state index contributed by atoms with van der Waals surface area (Å²) < 4.78 is 10.2. The Morgan fingerprint density at radius 2 is 2.03 bits per heavy atom. The highest BCUT2D eigenvalue weighted by Crippen LogP contribution is 2.16. The van der Waals surface area contributed by atoms with E-state index in [2.05, 4.69) is 20.0 Å². The minimum absolute atomic E-state index is 0.149. The van der Waals surface area contributed by atoms with Gasteiger partial charge < -0.3 is 19.1 Å². The van der Waals surface area contributed by atoms with Gasteiger partial charge in [0.2, 0.25) is 11.8 Å². The Kier molecular flexibility index (Phi) is 7.97. The van der Waals surface area contributed by atoms with Crippen molar-refractivity contribution in [1.82, 2.24) is 20.0 Å². The van der Waals surface area contributed by atoms with Gasteiger partial charge in [-0.25, -0.2) is 9.78 Å². The fraction of sp³-hybridized carbons (Fsp3) is 0.591. The highest BCUT2D eigenvalue weighted by molar-refractivity contribution is 5.89. The molecule has 3 rings (SSSR count). The molecule has 0 atom stereocenters. The van der Waals surface area contributed by atoms with Gasteiger partial charge in [0, 0.05) is 51.1 Å². The first-order valence-corrected chi connectivity index (χ1v) is 11.0. The molecule has 1 fully saturated rings. The zero-order valence-corrected chi connectivity index (χ0v) is 18.5. The van der Waals surface area contributed by atoms with Gasteiger partial charge in [-0.1, -0.05) is 19.0 Å². The Hall–Kier alpha value is -2.97. The van der Waals surface area contributed by atoms with E-state index < -0.39 is 0 Å². The molecule has 0 spiro atoms. The van der Waals surface area contributed by atoms with Crippen LogP contribution in [0.15, 0.2) is 22.9 Å². The van der Waals surface area contributed by atoms with Crippen LogP contribution in [0.4, 0.5) is 5.82 Å². The highest BCUT2D eigenvalue weighted by atomic mass is 16.5. The SMILES string of the molecule is CCOC(=O)c1ccc(N2CCCN(C(=O)CCCc3nc(C(C)C)no3)CC2)nc1. The Labute approximate surface area is 182 Å². The Morgan fingerprint density at radius 3 is 2.71 bits per heavy atom. The fourth-order valence-corrected chi connectivity index (χ4v) is 3.46. The lowest BCUT2D eigenvalue weighted by atomic mass is 10.2. The number of pyridine rings is 1. The van der Waals surface area contributed by atoms with Crippen LogP contribution in [0.1, 0.15) is 68.0 Å². The molecule has 9 nitrogen and oxygen atoms in total. The van der Waals surface area contributed by atoms with Gasteiger partial charge in [-0.2, -0.15) is 4.98 Å². The predicted octanol–water partition coefficient (Wildman–Crippen LogP) is 2.83. The molecule has 168 valence electrons. The number of hydrogen-bond acceptors (Lipinski definition) is 8. The van der Waals surface area contributed by atoms with Crippen molar-refractivity contribution >= 4 is 17.7 Å². The van der Waals surface area contributed by atoms with Gasteiger partial charge in [0.05, 0.1) is 12.2 Å². The molecular formula is C22H31N5O4. The number of carbonyl (C=O) groups is 2. The molecule has 1 aliphatic rings. The molecule has 0 unspecified atom stereocenters. The van der Waals surface area contributed by atoms with Crippen LogP contribution < -0.4 is 4.90 Å². The van der Waals surface area contributed by atoms with Crippen LogP contribution in [-0.4, -0.2) is 64.7 Å². The molecular weight excluding hydrogens is 398 g/mol. The first-order valence-electron chi connectivity index (χ1n) is 11.0. The average molecular weight is 430 g/mol. The van der Waals surface area contributed by atoms with Crippen LogP contribution in [0.25, 0.3) is 0 Å². The minimum Gasteiger partial charge on any atom is -0.462 e. The number of aryl methyl sites for hydroxylation is 1. The zero-order valence-electron chi connectivity index (χ0n) is 18.5. The monoisotopic (exact) mass is 429 g/mol. The zero-order chi connectivity index (χ0) is 22.2. The molecule has 1 saturated heterocycles. The van der Waals surface area contributed by atoms with Crippen LogP contribution >= 0.6 is 0 Å². The van der Waals surface area contributed by atoms with E-state index in [0.717, 1.165) is 25.3 Å². The van der Waals surface area contributed by atoms with E-state index in [4.69, 9.17) is 9.26 Å². The summed E-state index contributed by atoms with van der Waals surface area (Å²) in [5.74, 6) is 2.12. The lowest BCUT2D eigenvalue weighted by Crippen LogP contribution is -2.35. The molecule has 0 aromatic carbocycles. The van der Waals surface area contributed by atoms with Gasteiger partial charge in [0.15, 0.2) is 5.82 Å². The molecule has 0 N–H and O–H groups in total. The second kappa shape index (κ2) is 10.9. The Balaban J connectivity index is 1.46. The number of aromatic nitrogens is 3. The minimum atomic E-state index is -0.366. The number of rotatable bonds is 8. The maximum Gasteiger partial charge on any atom is 0.339 e. The standard InChI is InChI=1S/C22H31N5O4/c1-4-30-22(29)17-9-10-18(23-15-17)26-11-6-12-27(14-13-26)20(28)8-5-7-19-24-21(16(2)3)25-31-19/h9-10,15-16H,4-8,11-14H2,1-3H3. The van der Waals surface area contributed by atoms with Gasteiger partial charge in [-0.15, -0.1) is 0 Å². The summed E-state index contributed by atoms with van der Waals surface area (Å²) in [6, 6.07) is 3.57. The molecule has 0 radical (unpaired) electrons. The van der Waals surface area contributed by atoms with Crippen molar-refractivity contribution in [2.24, 2.45) is 0 Å². The summed E-state index contributed by atoms with van der Waals surface area (Å²) >= 11 is 0. The van der Waals surface area contributed by atoms with E-state index in [9.17, 15) is 9.59 Å². The fourth-order valence-electron chi connectivity index (χ4n) is 3.46. The van der Waals surface area contributed by atoms with E-state index in [-0.39, 0.29) is 17.8 Å². The Bertz CT molecular complexity index is 865. The maximum absolute atomic E-state index is 12.7. The van der Waals surface area contributed by atoms with Crippen LogP contribution in [0.5, 0.6) is 0 Å². The molecule has 2 aromatic rings. The molecule has 3 heterocycles. The van der Waals surface area contributed by atoms with Crippen LogP contribution in [0, 0.1) is 0 Å². The average Bonchev–Trinajstić information content (AvgIpc) is 3.10. The van der Waals surface area contributed by atoms with Gasteiger partial charge in [-0.05, 0) is 31.9 Å². The van der Waals surface area contributed by atoms with Gasteiger partial charge in [0.25, 0.3) is 0 Å². The second-order valence-corrected chi connectivity index (χ2v) is 7.90. The van der Waals surface area contributed by atoms with Crippen LogP contribution in [-0.2, 0) is 16.0 Å². The smallest absolute Gasteiger partial charge is 0.339 e. The summed E-state index contributed by atoms with van der Waals surface area (Å²) in [4.78, 5) is 37.3. The number of esters is 1. The van der Waals surface area contributed by atoms with E-state index >= 15 is 0 Å². The number of carbonyl (C=O) groups excluding carboxylic acids is 2. The van der Waals surface area contributed by atoms with Gasteiger partial charge >= 0.3 is 5.97 Å². The summed E-state index contributed by atoms with van der Waals surface area (Å²) in [5.41, 5.74) is 0.444. The summed E-state index contributed by atoms with van der Waals surface area (Å²) in [5, 5.41) is 3.96. The van der Waals surface area contributed by atoms with Crippen molar-refractivity contribution in [2.45, 2.75) is 52.4 Å². The maximum atomic E-state index is 12.7. The molecule has 31 heavy (non-hydrogen) atoms. The summed E-state index contributed by atoms with van der Waals surface area (Å²) in [7, 11) is 0. The largest absolute Gasteiger partial charge is 0.462 e. The van der Waals surface area contributed by atoms with Crippen molar-refractivity contribution < 1.29 is 18.8 Å². The summed E-state index contributed by atoms with van der Waals surface area (Å²) in [6.45, 7) is 9.05. The molecule has 9 heteroatoms. The van der Waals surface area contributed by atoms with Gasteiger partial charge in [0.1, 0.15) is 5.82 Å². The van der Waals surface area contributed by atoms with E-state index in [1.807, 2.05) is 24.8 Å². The van der Waals surface area contributed by atoms with E-state index in [1.165, 1.54) is 0 Å². The van der Waals surface area contributed by atoms with Crippen molar-refractivity contribution in [3.8, 4) is 0 Å². The topological polar surface area (TPSA) is 102 Å². The van der Waals surface area contributed by atoms with E-state index in [0.29, 0.717) is 56.2 Å². The van der Waals surface area contributed by atoms with Crippen LogP contribution in [0.3, 0.4) is 0 Å². The first-order chi connectivity index (χ1) is 15.0. The summed E-state index contributed by atoms with van der Waals surface area (Å²) in [6.07, 6.45) is 4.18.